The van der Waals surface area contributed by atoms with Gasteiger partial charge in [0.25, 0.3) is 0 Å². The lowest BCUT2D eigenvalue weighted by atomic mass is 9.95. The molecule has 33 heavy (non-hydrogen) atoms. The van der Waals surface area contributed by atoms with E-state index in [4.69, 9.17) is 5.73 Å². The van der Waals surface area contributed by atoms with Crippen molar-refractivity contribution < 1.29 is 17.6 Å². The van der Waals surface area contributed by atoms with Crippen LogP contribution in [0.15, 0.2) is 70.6 Å². The smallest absolute Gasteiger partial charge is 0.335 e. The zero-order valence-corrected chi connectivity index (χ0v) is 18.0. The Morgan fingerprint density at radius 3 is 2.39 bits per heavy atom. The summed E-state index contributed by atoms with van der Waals surface area (Å²) in [6.45, 7) is 0.942. The van der Waals surface area contributed by atoms with Crippen molar-refractivity contribution in [2.45, 2.75) is 23.0 Å². The van der Waals surface area contributed by atoms with Gasteiger partial charge < -0.3 is 10.6 Å². The third kappa shape index (κ3) is 5.79. The molecule has 172 valence electrons. The fourth-order valence-corrected chi connectivity index (χ4v) is 4.05. The molecule has 3 aromatic rings. The lowest BCUT2D eigenvalue weighted by Crippen LogP contribution is -2.44. The number of alkyl halides is 3. The van der Waals surface area contributed by atoms with Crippen LogP contribution >= 0.6 is 11.8 Å². The van der Waals surface area contributed by atoms with E-state index in [1.54, 1.807) is 17.0 Å². The maximum atomic E-state index is 13.2. The van der Waals surface area contributed by atoms with Crippen molar-refractivity contribution in [3.8, 4) is 0 Å². The molecule has 1 aromatic heterocycles. The highest BCUT2D eigenvalue weighted by atomic mass is 32.2. The normalized spacial score (nSPS) is 16.6. The molecule has 2 heterocycles. The van der Waals surface area contributed by atoms with Crippen LogP contribution in [0.2, 0.25) is 0 Å². The number of rotatable bonds is 5. The number of nitrogens with two attached hydrogens (primary N) is 1. The predicted octanol–water partition coefficient (Wildman–Crippen LogP) is 3.67. The fraction of sp³-hybridized carbons (Fsp3) is 0.227. The molecule has 4 rings (SSSR count). The van der Waals surface area contributed by atoms with Crippen molar-refractivity contribution in [3.63, 3.8) is 0 Å². The number of benzene rings is 2. The average molecular weight is 477 g/mol. The molecule has 6 nitrogen and oxygen atoms in total. The fourth-order valence-electron chi connectivity index (χ4n) is 3.51. The SMILES string of the molecule is NC1CN(c2ncn(Cc3ccc(SC(F)(F)F)cc3)c(=O)n2)CC=C1c1ccc(F)cc1. The van der Waals surface area contributed by atoms with Gasteiger partial charge in [0.2, 0.25) is 5.95 Å². The first kappa shape index (κ1) is 23.0. The second kappa shape index (κ2) is 9.36. The van der Waals surface area contributed by atoms with Gasteiger partial charge in [0.1, 0.15) is 12.1 Å². The molecule has 0 fully saturated rings. The number of hydrogen-bond acceptors (Lipinski definition) is 6. The molecule has 0 amide bonds. The first-order valence-corrected chi connectivity index (χ1v) is 10.7. The molecule has 1 aliphatic rings. The molecule has 0 radical (unpaired) electrons. The van der Waals surface area contributed by atoms with E-state index in [2.05, 4.69) is 9.97 Å². The average Bonchev–Trinajstić information content (AvgIpc) is 2.76. The monoisotopic (exact) mass is 477 g/mol. The van der Waals surface area contributed by atoms with Crippen LogP contribution in [-0.2, 0) is 6.54 Å². The molecule has 1 atom stereocenters. The molecule has 1 aliphatic heterocycles. The van der Waals surface area contributed by atoms with Gasteiger partial charge in [-0.2, -0.15) is 18.2 Å². The summed E-state index contributed by atoms with van der Waals surface area (Å²) in [5.74, 6) is -0.0894. The summed E-state index contributed by atoms with van der Waals surface area (Å²) < 4.78 is 51.8. The highest BCUT2D eigenvalue weighted by molar-refractivity contribution is 8.00. The van der Waals surface area contributed by atoms with Gasteiger partial charge in [-0.3, -0.25) is 4.57 Å². The number of nitrogens with zero attached hydrogens (tertiary/aromatic N) is 4. The predicted molar refractivity (Wildman–Crippen MR) is 118 cm³/mol. The molecule has 2 N–H and O–H groups in total. The summed E-state index contributed by atoms with van der Waals surface area (Å²) in [7, 11) is 0. The van der Waals surface area contributed by atoms with Crippen molar-refractivity contribution in [1.29, 1.82) is 0 Å². The molecule has 11 heteroatoms. The Morgan fingerprint density at radius 2 is 1.79 bits per heavy atom. The lowest BCUT2D eigenvalue weighted by Gasteiger charge is -2.31. The van der Waals surface area contributed by atoms with E-state index in [9.17, 15) is 22.4 Å². The van der Waals surface area contributed by atoms with Crippen molar-refractivity contribution >= 4 is 23.3 Å². The molecule has 0 bridgehead atoms. The van der Waals surface area contributed by atoms with Gasteiger partial charge in [-0.05, 0) is 52.7 Å². The van der Waals surface area contributed by atoms with Crippen molar-refractivity contribution in [3.05, 3.63) is 88.4 Å². The lowest BCUT2D eigenvalue weighted by molar-refractivity contribution is -0.0328. The Balaban J connectivity index is 1.45. The zero-order chi connectivity index (χ0) is 23.6. The summed E-state index contributed by atoms with van der Waals surface area (Å²) >= 11 is -0.194. The first-order chi connectivity index (χ1) is 15.7. The highest BCUT2D eigenvalue weighted by Crippen LogP contribution is 2.36. The molecule has 1 unspecified atom stereocenters. The van der Waals surface area contributed by atoms with E-state index in [1.165, 1.54) is 47.3 Å². The zero-order valence-electron chi connectivity index (χ0n) is 17.2. The molecule has 0 saturated carbocycles. The minimum absolute atomic E-state index is 0.0692. The Labute approximate surface area is 190 Å². The molecule has 0 aliphatic carbocycles. The molecular formula is C22H19F4N5OS. The van der Waals surface area contributed by atoms with Crippen LogP contribution in [0.4, 0.5) is 23.5 Å². The minimum Gasteiger partial charge on any atom is -0.335 e. The number of thioether (sulfide) groups is 1. The Hall–Kier alpha value is -3.18. The van der Waals surface area contributed by atoms with E-state index < -0.39 is 11.2 Å². The van der Waals surface area contributed by atoms with Crippen LogP contribution in [-0.4, -0.2) is 39.2 Å². The van der Waals surface area contributed by atoms with E-state index in [0.717, 1.165) is 11.1 Å². The van der Waals surface area contributed by atoms with Crippen LogP contribution in [0, 0.1) is 5.82 Å². The number of halogens is 4. The number of anilines is 1. The largest absolute Gasteiger partial charge is 0.446 e. The van der Waals surface area contributed by atoms with E-state index in [1.807, 2.05) is 6.08 Å². The summed E-state index contributed by atoms with van der Waals surface area (Å²) in [4.78, 5) is 22.6. The van der Waals surface area contributed by atoms with Crippen LogP contribution in [0.1, 0.15) is 11.1 Å². The van der Waals surface area contributed by atoms with E-state index >= 15 is 0 Å². The van der Waals surface area contributed by atoms with E-state index in [0.29, 0.717) is 18.7 Å². The molecule has 0 spiro atoms. The second-order valence-electron chi connectivity index (χ2n) is 7.44. The minimum atomic E-state index is -4.35. The van der Waals surface area contributed by atoms with E-state index in [-0.39, 0.29) is 41.0 Å². The topological polar surface area (TPSA) is 77.0 Å². The number of hydrogen-bond donors (Lipinski definition) is 1. The molecular weight excluding hydrogens is 458 g/mol. The van der Waals surface area contributed by atoms with Crippen molar-refractivity contribution in [1.82, 2.24) is 14.5 Å². The number of aromatic nitrogens is 3. The maximum absolute atomic E-state index is 13.2. The second-order valence-corrected chi connectivity index (χ2v) is 8.57. The van der Waals surface area contributed by atoms with Crippen LogP contribution in [0.3, 0.4) is 0 Å². The van der Waals surface area contributed by atoms with Crippen LogP contribution in [0.25, 0.3) is 5.57 Å². The van der Waals surface area contributed by atoms with Gasteiger partial charge in [0, 0.05) is 24.0 Å². The Bertz CT molecular complexity index is 1210. The first-order valence-electron chi connectivity index (χ1n) is 9.92. The van der Waals surface area contributed by atoms with Gasteiger partial charge in [-0.15, -0.1) is 0 Å². The van der Waals surface area contributed by atoms with Crippen LogP contribution in [0.5, 0.6) is 0 Å². The van der Waals surface area contributed by atoms with Gasteiger partial charge in [-0.1, -0.05) is 30.3 Å². The van der Waals surface area contributed by atoms with Gasteiger partial charge >= 0.3 is 11.2 Å². The van der Waals surface area contributed by atoms with Gasteiger partial charge in [0.15, 0.2) is 0 Å². The highest BCUT2D eigenvalue weighted by Gasteiger charge is 2.29. The summed E-state index contributed by atoms with van der Waals surface area (Å²) in [6, 6.07) is 11.5. The summed E-state index contributed by atoms with van der Waals surface area (Å²) in [5.41, 5.74) is 3.76. The van der Waals surface area contributed by atoms with Crippen molar-refractivity contribution in [2.75, 3.05) is 18.0 Å². The molecule has 2 aromatic carbocycles. The maximum Gasteiger partial charge on any atom is 0.446 e. The molecule has 0 saturated heterocycles. The summed E-state index contributed by atoms with van der Waals surface area (Å²) in [5, 5.41) is 0. The summed E-state index contributed by atoms with van der Waals surface area (Å²) in [6.07, 6.45) is 3.25. The standard InChI is InChI=1S/C22H19F4N5OS/c23-16-5-3-15(4-6-16)18-9-10-30(12-19(18)27)20-28-13-31(21(32)29-20)11-14-1-7-17(8-2-14)33-22(24,25)26/h1-9,13,19H,10-12,27H2. The van der Waals surface area contributed by atoms with Crippen LogP contribution < -0.4 is 16.3 Å². The van der Waals surface area contributed by atoms with Gasteiger partial charge in [0.05, 0.1) is 6.54 Å². The van der Waals surface area contributed by atoms with Gasteiger partial charge in [-0.25, -0.2) is 14.2 Å². The quantitative estimate of drug-likeness (QED) is 0.447. The third-order valence-corrected chi connectivity index (χ3v) is 5.81. The Kier molecular flexibility index (Phi) is 6.52. The third-order valence-electron chi connectivity index (χ3n) is 5.07. The Morgan fingerprint density at radius 1 is 1.09 bits per heavy atom. The van der Waals surface area contributed by atoms with Crippen molar-refractivity contribution in [2.24, 2.45) is 5.73 Å².